The van der Waals surface area contributed by atoms with Crippen LogP contribution in [0.3, 0.4) is 0 Å². The van der Waals surface area contributed by atoms with E-state index >= 15 is 0 Å². The fourth-order valence-electron chi connectivity index (χ4n) is 2.40. The van der Waals surface area contributed by atoms with Crippen molar-refractivity contribution < 1.29 is 9.53 Å². The first-order valence-electron chi connectivity index (χ1n) is 8.67. The summed E-state index contributed by atoms with van der Waals surface area (Å²) in [6.07, 6.45) is 0. The molecule has 0 aliphatic heterocycles. The number of amides is 1. The molecule has 2 aromatic carbocycles. The Morgan fingerprint density at radius 2 is 1.92 bits per heavy atom. The van der Waals surface area contributed by atoms with Crippen molar-refractivity contribution in [1.29, 1.82) is 0 Å². The van der Waals surface area contributed by atoms with Gasteiger partial charge in [0.1, 0.15) is 5.75 Å². The molecule has 0 fully saturated rings. The average molecular weight is 358 g/mol. The Kier molecular flexibility index (Phi) is 7.86. The Morgan fingerprint density at radius 1 is 1.16 bits per heavy atom. The van der Waals surface area contributed by atoms with Gasteiger partial charge in [-0.05, 0) is 36.1 Å². The van der Waals surface area contributed by atoms with Gasteiger partial charge in [0.05, 0.1) is 0 Å². The molecule has 134 valence electrons. The molecule has 0 aliphatic carbocycles. The van der Waals surface area contributed by atoms with E-state index in [9.17, 15) is 4.79 Å². The van der Waals surface area contributed by atoms with E-state index in [0.29, 0.717) is 12.5 Å². The van der Waals surface area contributed by atoms with Crippen molar-refractivity contribution in [2.75, 3.05) is 18.9 Å². The van der Waals surface area contributed by atoms with Crippen molar-refractivity contribution in [1.82, 2.24) is 5.32 Å². The van der Waals surface area contributed by atoms with Gasteiger partial charge in [0.2, 0.25) is 0 Å². The normalized spacial score (nSPS) is 10.7. The first-order chi connectivity index (χ1) is 12.0. The fraction of sp³-hybridized carbons (Fsp3) is 0.381. The molecule has 0 aromatic heterocycles. The summed E-state index contributed by atoms with van der Waals surface area (Å²) in [5, 5.41) is 2.90. The lowest BCUT2D eigenvalue weighted by molar-refractivity contribution is -0.122. The number of ether oxygens (including phenoxy) is 1. The first kappa shape index (κ1) is 19.4. The van der Waals surface area contributed by atoms with Crippen LogP contribution >= 0.6 is 11.8 Å². The fourth-order valence-corrected chi connectivity index (χ4v) is 3.21. The van der Waals surface area contributed by atoms with Crippen molar-refractivity contribution in [3.05, 3.63) is 65.2 Å². The summed E-state index contributed by atoms with van der Waals surface area (Å²) in [6, 6.07) is 16.4. The largest absolute Gasteiger partial charge is 0.484 e. The highest BCUT2D eigenvalue weighted by molar-refractivity contribution is 7.98. The number of carbonyl (C=O) groups is 1. The second kappa shape index (κ2) is 10.1. The van der Waals surface area contributed by atoms with Crippen LogP contribution in [0.5, 0.6) is 5.75 Å². The van der Waals surface area contributed by atoms with Crippen LogP contribution in [0.25, 0.3) is 0 Å². The lowest BCUT2D eigenvalue weighted by Gasteiger charge is -2.09. The number of nitrogens with one attached hydrogen (secondary N) is 1. The lowest BCUT2D eigenvalue weighted by Crippen LogP contribution is -2.30. The van der Waals surface area contributed by atoms with Gasteiger partial charge in [-0.15, -0.1) is 0 Å². The highest BCUT2D eigenvalue weighted by Crippen LogP contribution is 2.18. The number of benzene rings is 2. The van der Waals surface area contributed by atoms with Crippen LogP contribution in [-0.2, 0) is 10.5 Å². The standard InChI is InChI=1S/C21H27NO2S/c1-16(2)19-7-9-20(10-8-19)24-14-21(23)22-11-12-25-15-18-6-4-5-17(3)13-18/h4-10,13,16H,11-12,14-15H2,1-3H3,(H,22,23). The minimum absolute atomic E-state index is 0.0591. The molecular weight excluding hydrogens is 330 g/mol. The maximum Gasteiger partial charge on any atom is 0.257 e. The van der Waals surface area contributed by atoms with Crippen LogP contribution in [0.1, 0.15) is 36.5 Å². The molecule has 4 heteroatoms. The van der Waals surface area contributed by atoms with Crippen LogP contribution in [0.2, 0.25) is 0 Å². The third kappa shape index (κ3) is 7.22. The molecule has 0 unspecified atom stereocenters. The third-order valence-electron chi connectivity index (χ3n) is 3.84. The molecule has 25 heavy (non-hydrogen) atoms. The van der Waals surface area contributed by atoms with E-state index in [0.717, 1.165) is 17.3 Å². The topological polar surface area (TPSA) is 38.3 Å². The minimum atomic E-state index is -0.0795. The summed E-state index contributed by atoms with van der Waals surface area (Å²) < 4.78 is 5.52. The van der Waals surface area contributed by atoms with Gasteiger partial charge < -0.3 is 10.1 Å². The van der Waals surface area contributed by atoms with Crippen LogP contribution < -0.4 is 10.1 Å². The van der Waals surface area contributed by atoms with Crippen molar-refractivity contribution in [3.63, 3.8) is 0 Å². The van der Waals surface area contributed by atoms with Crippen molar-refractivity contribution in [3.8, 4) is 5.75 Å². The van der Waals surface area contributed by atoms with Gasteiger partial charge >= 0.3 is 0 Å². The summed E-state index contributed by atoms with van der Waals surface area (Å²) in [5.74, 6) is 3.01. The maximum absolute atomic E-state index is 11.8. The SMILES string of the molecule is Cc1cccc(CSCCNC(=O)COc2ccc(C(C)C)cc2)c1. The Morgan fingerprint density at radius 3 is 2.60 bits per heavy atom. The smallest absolute Gasteiger partial charge is 0.257 e. The lowest BCUT2D eigenvalue weighted by atomic mass is 10.0. The molecule has 0 bridgehead atoms. The second-order valence-corrected chi connectivity index (χ2v) is 7.51. The molecule has 0 atom stereocenters. The zero-order valence-corrected chi connectivity index (χ0v) is 16.1. The minimum Gasteiger partial charge on any atom is -0.484 e. The van der Waals surface area contributed by atoms with E-state index in [2.05, 4.69) is 50.4 Å². The Labute approximate surface area is 155 Å². The zero-order valence-electron chi connectivity index (χ0n) is 15.2. The molecule has 0 saturated carbocycles. The monoisotopic (exact) mass is 357 g/mol. The molecule has 0 heterocycles. The van der Waals surface area contributed by atoms with Crippen LogP contribution in [-0.4, -0.2) is 24.8 Å². The van der Waals surface area contributed by atoms with Crippen LogP contribution in [0.15, 0.2) is 48.5 Å². The quantitative estimate of drug-likeness (QED) is 0.669. The molecule has 0 spiro atoms. The van der Waals surface area contributed by atoms with E-state index in [4.69, 9.17) is 4.74 Å². The number of thioether (sulfide) groups is 1. The molecular formula is C21H27NO2S. The van der Waals surface area contributed by atoms with Crippen LogP contribution in [0, 0.1) is 6.92 Å². The van der Waals surface area contributed by atoms with Gasteiger partial charge in [0.15, 0.2) is 6.61 Å². The highest BCUT2D eigenvalue weighted by atomic mass is 32.2. The van der Waals surface area contributed by atoms with E-state index < -0.39 is 0 Å². The maximum atomic E-state index is 11.8. The number of carbonyl (C=O) groups excluding carboxylic acids is 1. The van der Waals surface area contributed by atoms with E-state index in [-0.39, 0.29) is 12.5 Å². The van der Waals surface area contributed by atoms with E-state index in [1.165, 1.54) is 16.7 Å². The predicted molar refractivity (Wildman–Crippen MR) is 106 cm³/mol. The van der Waals surface area contributed by atoms with Gasteiger partial charge in [-0.25, -0.2) is 0 Å². The highest BCUT2D eigenvalue weighted by Gasteiger charge is 2.04. The van der Waals surface area contributed by atoms with E-state index in [1.807, 2.05) is 36.0 Å². The summed E-state index contributed by atoms with van der Waals surface area (Å²) >= 11 is 1.82. The van der Waals surface area contributed by atoms with Gasteiger partial charge in [-0.3, -0.25) is 4.79 Å². The Hall–Kier alpha value is -1.94. The number of hydrogen-bond donors (Lipinski definition) is 1. The molecule has 0 radical (unpaired) electrons. The van der Waals surface area contributed by atoms with Crippen molar-refractivity contribution in [2.45, 2.75) is 32.4 Å². The number of aryl methyl sites for hydroxylation is 1. The predicted octanol–water partition coefficient (Wildman–Crippen LogP) is 4.55. The van der Waals surface area contributed by atoms with Gasteiger partial charge in [0.25, 0.3) is 5.91 Å². The van der Waals surface area contributed by atoms with Gasteiger partial charge in [-0.2, -0.15) is 11.8 Å². The van der Waals surface area contributed by atoms with Crippen LogP contribution in [0.4, 0.5) is 0 Å². The summed E-state index contributed by atoms with van der Waals surface area (Å²) in [7, 11) is 0. The van der Waals surface area contributed by atoms with Crippen molar-refractivity contribution >= 4 is 17.7 Å². The van der Waals surface area contributed by atoms with Gasteiger partial charge in [-0.1, -0.05) is 55.8 Å². The number of hydrogen-bond acceptors (Lipinski definition) is 3. The second-order valence-electron chi connectivity index (χ2n) is 6.40. The third-order valence-corrected chi connectivity index (χ3v) is 4.87. The van der Waals surface area contributed by atoms with Gasteiger partial charge in [0, 0.05) is 18.1 Å². The summed E-state index contributed by atoms with van der Waals surface area (Å²) in [6.45, 7) is 7.12. The number of rotatable bonds is 9. The summed E-state index contributed by atoms with van der Waals surface area (Å²) in [4.78, 5) is 11.8. The Balaban J connectivity index is 1.59. The molecule has 0 saturated heterocycles. The Bertz CT molecular complexity index is 668. The first-order valence-corrected chi connectivity index (χ1v) is 9.83. The van der Waals surface area contributed by atoms with E-state index in [1.54, 1.807) is 0 Å². The molecule has 0 aliphatic rings. The molecule has 3 nitrogen and oxygen atoms in total. The average Bonchev–Trinajstić information content (AvgIpc) is 2.60. The molecule has 2 aromatic rings. The summed E-state index contributed by atoms with van der Waals surface area (Å²) in [5.41, 5.74) is 3.87. The zero-order chi connectivity index (χ0) is 18.1. The molecule has 2 rings (SSSR count). The molecule has 1 amide bonds. The van der Waals surface area contributed by atoms with Crippen molar-refractivity contribution in [2.24, 2.45) is 0 Å². The molecule has 1 N–H and O–H groups in total.